The number of fused-ring (bicyclic) bond motifs is 1. The summed E-state index contributed by atoms with van der Waals surface area (Å²) < 4.78 is 5.87. The summed E-state index contributed by atoms with van der Waals surface area (Å²) in [5.74, 6) is -0.434. The summed E-state index contributed by atoms with van der Waals surface area (Å²) in [6, 6.07) is 2.54. The molecule has 1 aromatic carbocycles. The van der Waals surface area contributed by atoms with Crippen molar-refractivity contribution in [2.75, 3.05) is 7.11 Å². The maximum absolute atomic E-state index is 10.9. The highest BCUT2D eigenvalue weighted by Gasteiger charge is 2.21. The molecule has 0 saturated heterocycles. The number of nitrogens with two attached hydrogens (primary N) is 1. The summed E-state index contributed by atoms with van der Waals surface area (Å²) in [6.07, 6.45) is 1.60. The lowest BCUT2D eigenvalue weighted by Crippen LogP contribution is -2.20. The molecule has 0 spiro atoms. The van der Waals surface area contributed by atoms with Gasteiger partial charge in [0.05, 0.1) is 11.6 Å². The monoisotopic (exact) mass is 298 g/mol. The predicted molar refractivity (Wildman–Crippen MR) is 67.1 cm³/mol. The molecule has 0 amide bonds. The number of methoxy groups -OCH3 is 1. The second-order valence-electron chi connectivity index (χ2n) is 3.56. The minimum Gasteiger partial charge on any atom is -0.496 e. The molecule has 0 saturated carbocycles. The lowest BCUT2D eigenvalue weighted by molar-refractivity contribution is -0.138. The molecule has 0 aliphatic carbocycles. The van der Waals surface area contributed by atoms with Crippen molar-refractivity contribution in [3.8, 4) is 5.75 Å². The van der Waals surface area contributed by atoms with E-state index in [-0.39, 0.29) is 0 Å². The SMILES string of the molecule is COc1ccc2[nH]cc(C(N)C(=O)O)c2c1Br. The van der Waals surface area contributed by atoms with E-state index in [2.05, 4.69) is 20.9 Å². The van der Waals surface area contributed by atoms with Gasteiger partial charge < -0.3 is 20.6 Å². The number of aromatic nitrogens is 1. The van der Waals surface area contributed by atoms with Gasteiger partial charge in [0.15, 0.2) is 0 Å². The van der Waals surface area contributed by atoms with Crippen LogP contribution in [0.3, 0.4) is 0 Å². The van der Waals surface area contributed by atoms with Crippen molar-refractivity contribution in [3.05, 3.63) is 28.4 Å². The fraction of sp³-hybridized carbons (Fsp3) is 0.182. The third kappa shape index (κ3) is 1.89. The Labute approximate surface area is 106 Å². The first-order valence-corrected chi connectivity index (χ1v) is 5.67. The van der Waals surface area contributed by atoms with Gasteiger partial charge in [-0.2, -0.15) is 0 Å². The number of H-pyrrole nitrogens is 1. The van der Waals surface area contributed by atoms with E-state index in [1.807, 2.05) is 6.07 Å². The molecule has 1 unspecified atom stereocenters. The Hall–Kier alpha value is -1.53. The first-order valence-electron chi connectivity index (χ1n) is 4.88. The van der Waals surface area contributed by atoms with Crippen LogP contribution in [0.2, 0.25) is 0 Å². The number of carbonyl (C=O) groups is 1. The Morgan fingerprint density at radius 3 is 2.88 bits per heavy atom. The Morgan fingerprint density at radius 2 is 2.29 bits per heavy atom. The van der Waals surface area contributed by atoms with Crippen LogP contribution in [0, 0.1) is 0 Å². The predicted octanol–water partition coefficient (Wildman–Crippen LogP) is 2.02. The van der Waals surface area contributed by atoms with E-state index in [0.29, 0.717) is 15.8 Å². The molecule has 4 N–H and O–H groups in total. The van der Waals surface area contributed by atoms with E-state index < -0.39 is 12.0 Å². The van der Waals surface area contributed by atoms with Crippen molar-refractivity contribution >= 4 is 32.8 Å². The number of aliphatic carboxylic acids is 1. The molecule has 0 aliphatic rings. The third-order valence-electron chi connectivity index (χ3n) is 2.60. The molecule has 6 heteroatoms. The summed E-state index contributed by atoms with van der Waals surface area (Å²) in [5, 5.41) is 9.68. The molecule has 0 bridgehead atoms. The Kier molecular flexibility index (Phi) is 3.08. The minimum absolute atomic E-state index is 0.526. The first-order chi connectivity index (χ1) is 8.06. The van der Waals surface area contributed by atoms with Crippen LogP contribution in [0.5, 0.6) is 5.75 Å². The zero-order chi connectivity index (χ0) is 12.6. The second kappa shape index (κ2) is 4.38. The van der Waals surface area contributed by atoms with E-state index in [1.165, 1.54) is 0 Å². The van der Waals surface area contributed by atoms with Gasteiger partial charge in [-0.15, -0.1) is 0 Å². The topological polar surface area (TPSA) is 88.3 Å². The summed E-state index contributed by atoms with van der Waals surface area (Å²) in [7, 11) is 1.55. The van der Waals surface area contributed by atoms with Gasteiger partial charge in [-0.3, -0.25) is 4.79 Å². The molecule has 90 valence electrons. The molecule has 5 nitrogen and oxygen atoms in total. The normalized spacial score (nSPS) is 12.6. The average Bonchev–Trinajstić information content (AvgIpc) is 2.73. The fourth-order valence-corrected chi connectivity index (χ4v) is 2.46. The van der Waals surface area contributed by atoms with Crippen molar-refractivity contribution in [1.29, 1.82) is 0 Å². The Morgan fingerprint density at radius 1 is 1.59 bits per heavy atom. The quantitative estimate of drug-likeness (QED) is 0.809. The molecule has 0 aliphatic heterocycles. The molecule has 0 radical (unpaired) electrons. The molecular weight excluding hydrogens is 288 g/mol. The van der Waals surface area contributed by atoms with Gasteiger partial charge in [0.1, 0.15) is 11.8 Å². The maximum Gasteiger partial charge on any atom is 0.325 e. The van der Waals surface area contributed by atoms with E-state index in [0.717, 1.165) is 10.9 Å². The van der Waals surface area contributed by atoms with Gasteiger partial charge in [-0.1, -0.05) is 0 Å². The minimum atomic E-state index is -1.07. The zero-order valence-corrected chi connectivity index (χ0v) is 10.6. The fourth-order valence-electron chi connectivity index (χ4n) is 1.72. The number of hydrogen-bond donors (Lipinski definition) is 3. The summed E-state index contributed by atoms with van der Waals surface area (Å²) >= 11 is 3.40. The van der Waals surface area contributed by atoms with Gasteiger partial charge in [0, 0.05) is 22.7 Å². The zero-order valence-electron chi connectivity index (χ0n) is 9.03. The first kappa shape index (κ1) is 11.9. The highest BCUT2D eigenvalue weighted by molar-refractivity contribution is 9.10. The number of halogens is 1. The number of carboxylic acid groups (broad SMARTS) is 1. The molecular formula is C11H11BrN2O3. The van der Waals surface area contributed by atoms with Crippen LogP contribution in [-0.4, -0.2) is 23.2 Å². The number of carboxylic acids is 1. The molecule has 1 aromatic heterocycles. The smallest absolute Gasteiger partial charge is 0.325 e. The summed E-state index contributed by atoms with van der Waals surface area (Å²) in [4.78, 5) is 13.9. The standard InChI is InChI=1S/C11H11BrN2O3/c1-17-7-3-2-6-8(9(7)12)5(4-14-6)10(13)11(15)16/h2-4,10,14H,13H2,1H3,(H,15,16). The summed E-state index contributed by atoms with van der Waals surface area (Å²) in [6.45, 7) is 0. The van der Waals surface area contributed by atoms with Crippen molar-refractivity contribution < 1.29 is 14.6 Å². The lowest BCUT2D eigenvalue weighted by atomic mass is 10.1. The highest BCUT2D eigenvalue weighted by Crippen LogP contribution is 2.36. The largest absolute Gasteiger partial charge is 0.496 e. The number of nitrogens with one attached hydrogen (secondary N) is 1. The van der Waals surface area contributed by atoms with Gasteiger partial charge in [-0.05, 0) is 28.1 Å². The molecule has 1 atom stereocenters. The molecule has 2 rings (SSSR count). The van der Waals surface area contributed by atoms with E-state index in [4.69, 9.17) is 15.6 Å². The van der Waals surface area contributed by atoms with Gasteiger partial charge in [0.2, 0.25) is 0 Å². The molecule has 17 heavy (non-hydrogen) atoms. The van der Waals surface area contributed by atoms with E-state index >= 15 is 0 Å². The number of ether oxygens (including phenoxy) is 1. The van der Waals surface area contributed by atoms with Crippen LogP contribution >= 0.6 is 15.9 Å². The van der Waals surface area contributed by atoms with Crippen LogP contribution in [0.1, 0.15) is 11.6 Å². The highest BCUT2D eigenvalue weighted by atomic mass is 79.9. The van der Waals surface area contributed by atoms with Crippen LogP contribution in [-0.2, 0) is 4.79 Å². The van der Waals surface area contributed by atoms with Gasteiger partial charge in [0.25, 0.3) is 0 Å². The molecule has 0 fully saturated rings. The van der Waals surface area contributed by atoms with Crippen LogP contribution in [0.15, 0.2) is 22.8 Å². The van der Waals surface area contributed by atoms with Crippen molar-refractivity contribution in [1.82, 2.24) is 4.98 Å². The van der Waals surface area contributed by atoms with Crippen molar-refractivity contribution in [3.63, 3.8) is 0 Å². The average molecular weight is 299 g/mol. The number of aromatic amines is 1. The van der Waals surface area contributed by atoms with Crippen LogP contribution in [0.4, 0.5) is 0 Å². The van der Waals surface area contributed by atoms with Crippen LogP contribution in [0.25, 0.3) is 10.9 Å². The lowest BCUT2D eigenvalue weighted by Gasteiger charge is -2.08. The van der Waals surface area contributed by atoms with Gasteiger partial charge >= 0.3 is 5.97 Å². The second-order valence-corrected chi connectivity index (χ2v) is 4.36. The summed E-state index contributed by atoms with van der Waals surface area (Å²) in [5.41, 5.74) is 6.96. The number of benzene rings is 1. The van der Waals surface area contributed by atoms with Crippen molar-refractivity contribution in [2.45, 2.75) is 6.04 Å². The maximum atomic E-state index is 10.9. The van der Waals surface area contributed by atoms with Crippen molar-refractivity contribution in [2.24, 2.45) is 5.73 Å². The van der Waals surface area contributed by atoms with Gasteiger partial charge in [-0.25, -0.2) is 0 Å². The Bertz CT molecular complexity index is 579. The van der Waals surface area contributed by atoms with E-state index in [1.54, 1.807) is 19.4 Å². The number of rotatable bonds is 3. The number of hydrogen-bond acceptors (Lipinski definition) is 3. The third-order valence-corrected chi connectivity index (χ3v) is 3.39. The van der Waals surface area contributed by atoms with Crippen LogP contribution < -0.4 is 10.5 Å². The molecule has 2 aromatic rings. The van der Waals surface area contributed by atoms with E-state index in [9.17, 15) is 4.79 Å². The Balaban J connectivity index is 2.69. The molecule has 1 heterocycles.